The van der Waals surface area contributed by atoms with Crippen LogP contribution in [0.5, 0.6) is 0 Å². The summed E-state index contributed by atoms with van der Waals surface area (Å²) in [6.07, 6.45) is 29.8. The number of rotatable bonds is 42. The number of quaternary nitrogens is 1. The van der Waals surface area contributed by atoms with Crippen LogP contribution in [-0.4, -0.2) is 94.2 Å². The van der Waals surface area contributed by atoms with Crippen molar-refractivity contribution < 1.29 is 42.1 Å². The number of likely N-dealkylation sites (N-methyl/N-ethyl adjacent to an activating group) is 1. The number of nitrogens with zero attached hydrogens (tertiary/aromatic N) is 1. The Hall–Kier alpha value is 0.930. The number of alkyl halides is 4. The van der Waals surface area contributed by atoms with Crippen molar-refractivity contribution in [1.82, 2.24) is 0 Å². The van der Waals surface area contributed by atoms with Crippen molar-refractivity contribution in [1.29, 1.82) is 0 Å². The highest BCUT2D eigenvalue weighted by atomic mass is 79.9. The van der Waals surface area contributed by atoms with Gasteiger partial charge in [0.1, 0.15) is 19.8 Å². The van der Waals surface area contributed by atoms with Gasteiger partial charge in [-0.25, -0.2) is 4.57 Å². The van der Waals surface area contributed by atoms with Gasteiger partial charge < -0.3 is 18.9 Å². The summed E-state index contributed by atoms with van der Waals surface area (Å²) in [4.78, 5) is 37.6. The van der Waals surface area contributed by atoms with Gasteiger partial charge in [-0.15, -0.1) is 0 Å². The Labute approximate surface area is 389 Å². The third-order valence-corrected chi connectivity index (χ3v) is 17.1. The summed E-state index contributed by atoms with van der Waals surface area (Å²) in [6, 6.07) is 0. The number of unbranched alkanes of at least 4 members (excludes halogenated alkanes) is 18. The van der Waals surface area contributed by atoms with Crippen LogP contribution >= 0.6 is 71.5 Å². The van der Waals surface area contributed by atoms with Crippen LogP contribution in [0.1, 0.15) is 194 Å². The lowest BCUT2D eigenvalue weighted by Crippen LogP contribution is -2.37. The normalized spacial score (nSPS) is 15.7. The Kier molecular flexibility index (Phi) is 39.0. The Morgan fingerprint density at radius 1 is 0.534 bits per heavy atom. The van der Waals surface area contributed by atoms with Crippen LogP contribution in [-0.2, 0) is 32.7 Å². The summed E-state index contributed by atoms with van der Waals surface area (Å²) >= 11 is 15.5. The van der Waals surface area contributed by atoms with E-state index >= 15 is 0 Å². The fourth-order valence-electron chi connectivity index (χ4n) is 6.50. The first-order chi connectivity index (χ1) is 27.6. The summed E-state index contributed by atoms with van der Waals surface area (Å²) in [5.41, 5.74) is 0. The van der Waals surface area contributed by atoms with E-state index < -0.39 is 26.5 Å². The Morgan fingerprint density at radius 3 is 1.29 bits per heavy atom. The van der Waals surface area contributed by atoms with E-state index in [1.165, 1.54) is 89.9 Å². The molecule has 0 amide bonds. The number of ether oxygens (including phenoxy) is 2. The molecule has 0 aromatic carbocycles. The van der Waals surface area contributed by atoms with Crippen LogP contribution in [0.15, 0.2) is 0 Å². The van der Waals surface area contributed by atoms with Crippen LogP contribution in [0.25, 0.3) is 0 Å². The summed E-state index contributed by atoms with van der Waals surface area (Å²) in [6.45, 7) is 4.37. The third kappa shape index (κ3) is 38.6. The lowest BCUT2D eigenvalue weighted by atomic mass is 10.0. The third-order valence-electron chi connectivity index (χ3n) is 10.3. The average Bonchev–Trinajstić information content (AvgIpc) is 3.16. The van der Waals surface area contributed by atoms with Gasteiger partial charge in [0.05, 0.1) is 27.7 Å². The Bertz CT molecular complexity index is 1040. The minimum absolute atomic E-state index is 0.0237. The van der Waals surface area contributed by atoms with E-state index in [2.05, 4.69) is 77.6 Å². The summed E-state index contributed by atoms with van der Waals surface area (Å²) < 4.78 is 34.5. The van der Waals surface area contributed by atoms with E-state index in [4.69, 9.17) is 18.5 Å². The maximum Gasteiger partial charge on any atom is 0.472 e. The molecule has 0 spiro atoms. The highest BCUT2D eigenvalue weighted by Crippen LogP contribution is 2.43. The van der Waals surface area contributed by atoms with Crippen molar-refractivity contribution in [2.45, 2.75) is 219 Å². The quantitative estimate of drug-likeness (QED) is 0.0212. The van der Waals surface area contributed by atoms with E-state index in [9.17, 15) is 19.0 Å². The maximum absolute atomic E-state index is 12.8. The van der Waals surface area contributed by atoms with Crippen LogP contribution in [0, 0.1) is 0 Å². The van der Waals surface area contributed by atoms with Gasteiger partial charge in [0.15, 0.2) is 6.10 Å². The largest absolute Gasteiger partial charge is 0.472 e. The standard InChI is InChI=1S/C44H84Br4NO8P/c1-6-8-10-12-16-22-28-39(45)41(47)30-24-18-14-20-26-32-43(50)54-36-38(37-56-58(52,53)55-35-34-49(3,4)5)57-44(51)33-27-21-15-19-25-31-42(48)40(46)29-23-17-13-11-9-7-2/h38-42H,6-37H2,1-5H3/p+1. The van der Waals surface area contributed by atoms with E-state index in [1.54, 1.807) is 0 Å². The maximum atomic E-state index is 12.8. The first kappa shape index (κ1) is 58.9. The molecule has 6 atom stereocenters. The molecular formula is C44H85Br4NO8P+. The molecule has 0 aliphatic rings. The monoisotopic (exact) mass is 1100 g/mol. The smallest absolute Gasteiger partial charge is 0.462 e. The van der Waals surface area contributed by atoms with Gasteiger partial charge in [-0.3, -0.25) is 18.6 Å². The molecule has 0 radical (unpaired) electrons. The molecule has 0 saturated carbocycles. The predicted octanol–water partition coefficient (Wildman–Crippen LogP) is 14.3. The van der Waals surface area contributed by atoms with Crippen molar-refractivity contribution >= 4 is 83.5 Å². The number of hydrogen-bond acceptors (Lipinski definition) is 7. The van der Waals surface area contributed by atoms with Gasteiger partial charge in [-0.2, -0.15) is 0 Å². The average molecular weight is 1110 g/mol. The van der Waals surface area contributed by atoms with Gasteiger partial charge in [-0.1, -0.05) is 206 Å². The summed E-state index contributed by atoms with van der Waals surface area (Å²) in [7, 11) is 1.45. The molecule has 0 saturated heterocycles. The summed E-state index contributed by atoms with van der Waals surface area (Å²) in [5.74, 6) is -0.829. The van der Waals surface area contributed by atoms with Gasteiger partial charge in [0.2, 0.25) is 0 Å². The van der Waals surface area contributed by atoms with E-state index in [1.807, 2.05) is 21.1 Å². The molecule has 0 aliphatic heterocycles. The fourth-order valence-corrected chi connectivity index (χ4v) is 9.60. The molecule has 0 fully saturated rings. The zero-order chi connectivity index (χ0) is 43.5. The van der Waals surface area contributed by atoms with Gasteiger partial charge in [0.25, 0.3) is 0 Å². The predicted molar refractivity (Wildman–Crippen MR) is 257 cm³/mol. The number of carbonyl (C=O) groups excluding carboxylic acids is 2. The minimum atomic E-state index is -4.39. The number of esters is 2. The topological polar surface area (TPSA) is 108 Å². The Balaban J connectivity index is 4.53. The lowest BCUT2D eigenvalue weighted by molar-refractivity contribution is -0.870. The number of phosphoric ester groups is 1. The van der Waals surface area contributed by atoms with Gasteiger partial charge >= 0.3 is 19.8 Å². The van der Waals surface area contributed by atoms with Crippen molar-refractivity contribution in [3.05, 3.63) is 0 Å². The van der Waals surface area contributed by atoms with Crippen molar-refractivity contribution in [2.24, 2.45) is 0 Å². The highest BCUT2D eigenvalue weighted by molar-refractivity contribution is 9.12. The first-order valence-electron chi connectivity index (χ1n) is 22.9. The van der Waals surface area contributed by atoms with Gasteiger partial charge in [-0.05, 0) is 38.5 Å². The molecule has 14 heteroatoms. The SMILES string of the molecule is CCCCCCCCC(Br)C(Br)CCCCCCCC(=O)OCC(COP(=O)(O)OCC[N+](C)(C)C)OC(=O)CCCCCCCC(Br)C(Br)CCCCCCCC. The molecule has 0 aromatic rings. The molecule has 9 nitrogen and oxygen atoms in total. The van der Waals surface area contributed by atoms with Crippen LogP contribution < -0.4 is 0 Å². The molecule has 0 aromatic heterocycles. The Morgan fingerprint density at radius 2 is 0.897 bits per heavy atom. The van der Waals surface area contributed by atoms with Crippen LogP contribution in [0.3, 0.4) is 0 Å². The lowest BCUT2D eigenvalue weighted by Gasteiger charge is -2.24. The molecule has 0 heterocycles. The molecule has 6 unspecified atom stereocenters. The fraction of sp³-hybridized carbons (Fsp3) is 0.955. The van der Waals surface area contributed by atoms with E-state index in [-0.39, 0.29) is 32.0 Å². The second kappa shape index (κ2) is 38.4. The molecule has 0 aliphatic carbocycles. The van der Waals surface area contributed by atoms with Crippen molar-refractivity contribution in [3.63, 3.8) is 0 Å². The highest BCUT2D eigenvalue weighted by Gasteiger charge is 2.27. The number of carbonyl (C=O) groups is 2. The zero-order valence-corrected chi connectivity index (χ0v) is 44.5. The number of hydrogen-bond donors (Lipinski definition) is 1. The molecule has 0 rings (SSSR count). The number of phosphoric acid groups is 1. The molecule has 0 bridgehead atoms. The second-order valence-corrected chi connectivity index (χ2v) is 23.4. The molecule has 346 valence electrons. The van der Waals surface area contributed by atoms with E-state index in [0.29, 0.717) is 36.8 Å². The van der Waals surface area contributed by atoms with Crippen LogP contribution in [0.2, 0.25) is 0 Å². The first-order valence-corrected chi connectivity index (χ1v) is 28.1. The van der Waals surface area contributed by atoms with E-state index in [0.717, 1.165) is 70.6 Å². The summed E-state index contributed by atoms with van der Waals surface area (Å²) in [5, 5.41) is 0. The number of halogens is 4. The van der Waals surface area contributed by atoms with Crippen molar-refractivity contribution in [2.75, 3.05) is 47.5 Å². The zero-order valence-electron chi connectivity index (χ0n) is 37.2. The molecule has 1 N–H and O–H groups in total. The van der Waals surface area contributed by atoms with Crippen molar-refractivity contribution in [3.8, 4) is 0 Å². The van der Waals surface area contributed by atoms with Crippen LogP contribution in [0.4, 0.5) is 0 Å². The molecular weight excluding hydrogens is 1020 g/mol. The molecule has 58 heavy (non-hydrogen) atoms. The second-order valence-electron chi connectivity index (χ2n) is 17.2. The minimum Gasteiger partial charge on any atom is -0.462 e. The van der Waals surface area contributed by atoms with Gasteiger partial charge in [0, 0.05) is 32.2 Å².